The van der Waals surface area contributed by atoms with Gasteiger partial charge in [0.25, 0.3) is 0 Å². The molecule has 0 aliphatic carbocycles. The Balaban J connectivity index is 1.97. The van der Waals surface area contributed by atoms with Gasteiger partial charge < -0.3 is 10.6 Å². The smallest absolute Gasteiger partial charge is 0.237 e. The average Bonchev–Trinajstić information content (AvgIpc) is 3.05. The highest BCUT2D eigenvalue weighted by atomic mass is 32.2. The van der Waals surface area contributed by atoms with Crippen molar-refractivity contribution in [3.8, 4) is 0 Å². The van der Waals surface area contributed by atoms with Crippen LogP contribution < -0.4 is 10.6 Å². The van der Waals surface area contributed by atoms with Gasteiger partial charge >= 0.3 is 0 Å². The van der Waals surface area contributed by atoms with E-state index in [2.05, 4.69) is 32.5 Å². The zero-order chi connectivity index (χ0) is 17.0. The summed E-state index contributed by atoms with van der Waals surface area (Å²) in [7, 11) is 1.86. The third-order valence-electron chi connectivity index (χ3n) is 3.21. The highest BCUT2D eigenvalue weighted by Gasteiger charge is 2.20. The molecule has 7 nitrogen and oxygen atoms in total. The lowest BCUT2D eigenvalue weighted by atomic mass is 10.3. The summed E-state index contributed by atoms with van der Waals surface area (Å²) in [4.78, 5) is 12.4. The van der Waals surface area contributed by atoms with Gasteiger partial charge in [-0.2, -0.15) is 5.10 Å². The van der Waals surface area contributed by atoms with Gasteiger partial charge in [0.1, 0.15) is 0 Å². The summed E-state index contributed by atoms with van der Waals surface area (Å²) in [6, 6.07) is 0. The van der Waals surface area contributed by atoms with Crippen LogP contribution in [0.1, 0.15) is 18.3 Å². The predicted molar refractivity (Wildman–Crippen MR) is 95.2 cm³/mol. The van der Waals surface area contributed by atoms with Crippen LogP contribution in [-0.2, 0) is 11.8 Å². The molecule has 0 radical (unpaired) electrons. The van der Waals surface area contributed by atoms with Crippen LogP contribution in [0.4, 0.5) is 10.8 Å². The van der Waals surface area contributed by atoms with Crippen molar-refractivity contribution in [1.82, 2.24) is 20.0 Å². The standard InChI is InChI=1S/C14H20N6OS2/c1-6-7-15-13-17-18-14(23-13)22-10(4)12(21)16-11-8(2)19-20(5)9(11)3/h6,10H,1,7H2,2-5H3,(H,15,17)(H,16,21)/t10-/m1/s1. The molecule has 23 heavy (non-hydrogen) atoms. The Morgan fingerprint density at radius 3 is 2.83 bits per heavy atom. The number of anilines is 2. The third-order valence-corrected chi connectivity index (χ3v) is 5.27. The van der Waals surface area contributed by atoms with E-state index >= 15 is 0 Å². The van der Waals surface area contributed by atoms with E-state index in [0.717, 1.165) is 26.5 Å². The number of rotatable bonds is 7. The number of aromatic nitrogens is 4. The van der Waals surface area contributed by atoms with Gasteiger partial charge in [0, 0.05) is 13.6 Å². The maximum atomic E-state index is 12.4. The van der Waals surface area contributed by atoms with Crippen molar-refractivity contribution in [1.29, 1.82) is 0 Å². The fourth-order valence-corrected chi connectivity index (χ4v) is 3.78. The molecule has 124 valence electrons. The molecule has 0 aliphatic rings. The number of carbonyl (C=O) groups excluding carboxylic acids is 1. The normalized spacial score (nSPS) is 12.0. The van der Waals surface area contributed by atoms with Gasteiger partial charge in [0.2, 0.25) is 11.0 Å². The van der Waals surface area contributed by atoms with Gasteiger partial charge in [0.15, 0.2) is 4.34 Å². The van der Waals surface area contributed by atoms with E-state index in [9.17, 15) is 4.79 Å². The Kier molecular flexibility index (Phi) is 5.78. The molecule has 0 aliphatic heterocycles. The van der Waals surface area contributed by atoms with E-state index < -0.39 is 0 Å². The Morgan fingerprint density at radius 1 is 1.48 bits per heavy atom. The number of nitrogens with zero attached hydrogens (tertiary/aromatic N) is 4. The van der Waals surface area contributed by atoms with E-state index in [1.807, 2.05) is 27.8 Å². The molecule has 0 bridgehead atoms. The lowest BCUT2D eigenvalue weighted by Gasteiger charge is -2.10. The number of nitrogens with one attached hydrogen (secondary N) is 2. The Bertz CT molecular complexity index is 708. The van der Waals surface area contributed by atoms with Gasteiger partial charge in [-0.15, -0.1) is 16.8 Å². The van der Waals surface area contributed by atoms with Crippen LogP contribution in [0.5, 0.6) is 0 Å². The molecule has 1 atom stereocenters. The second kappa shape index (κ2) is 7.60. The highest BCUT2D eigenvalue weighted by molar-refractivity contribution is 8.02. The van der Waals surface area contributed by atoms with Crippen LogP contribution in [0.2, 0.25) is 0 Å². The minimum atomic E-state index is -0.283. The first-order valence-corrected chi connectivity index (χ1v) is 8.78. The number of thioether (sulfide) groups is 1. The SMILES string of the molecule is C=CCNc1nnc(S[C@H](C)C(=O)Nc2c(C)nn(C)c2C)s1. The summed E-state index contributed by atoms with van der Waals surface area (Å²) in [5.41, 5.74) is 2.51. The molecule has 0 spiro atoms. The van der Waals surface area contributed by atoms with Crippen molar-refractivity contribution >= 4 is 39.8 Å². The van der Waals surface area contributed by atoms with Crippen LogP contribution in [0.25, 0.3) is 0 Å². The quantitative estimate of drug-likeness (QED) is 0.588. The van der Waals surface area contributed by atoms with Gasteiger partial charge in [-0.25, -0.2) is 0 Å². The first-order valence-electron chi connectivity index (χ1n) is 7.08. The number of amides is 1. The van der Waals surface area contributed by atoms with E-state index in [-0.39, 0.29) is 11.2 Å². The molecule has 2 heterocycles. The molecular formula is C14H20N6OS2. The van der Waals surface area contributed by atoms with Gasteiger partial charge in [-0.05, 0) is 20.8 Å². The van der Waals surface area contributed by atoms with Gasteiger partial charge in [-0.1, -0.05) is 29.2 Å². The van der Waals surface area contributed by atoms with E-state index in [4.69, 9.17) is 0 Å². The molecule has 9 heteroatoms. The lowest BCUT2D eigenvalue weighted by molar-refractivity contribution is -0.115. The highest BCUT2D eigenvalue weighted by Crippen LogP contribution is 2.29. The van der Waals surface area contributed by atoms with Crippen molar-refractivity contribution in [2.75, 3.05) is 17.2 Å². The summed E-state index contributed by atoms with van der Waals surface area (Å²) in [6.45, 7) is 9.92. The molecule has 2 aromatic heterocycles. The maximum absolute atomic E-state index is 12.4. The number of hydrogen-bond donors (Lipinski definition) is 2. The minimum absolute atomic E-state index is 0.0787. The third kappa shape index (κ3) is 4.32. The van der Waals surface area contributed by atoms with E-state index in [1.165, 1.54) is 23.1 Å². The Labute approximate surface area is 143 Å². The molecular weight excluding hydrogens is 332 g/mol. The van der Waals surface area contributed by atoms with Gasteiger partial charge in [0.05, 0.1) is 22.3 Å². The fourth-order valence-electron chi connectivity index (χ4n) is 1.87. The minimum Gasteiger partial charge on any atom is -0.357 e. The van der Waals surface area contributed by atoms with Crippen LogP contribution in [0.3, 0.4) is 0 Å². The van der Waals surface area contributed by atoms with E-state index in [0.29, 0.717) is 6.54 Å². The number of hydrogen-bond acceptors (Lipinski definition) is 7. The molecule has 2 N–H and O–H groups in total. The lowest BCUT2D eigenvalue weighted by Crippen LogP contribution is -2.23. The summed E-state index contributed by atoms with van der Waals surface area (Å²) >= 11 is 2.80. The first kappa shape index (κ1) is 17.5. The second-order valence-electron chi connectivity index (χ2n) is 4.96. The van der Waals surface area contributed by atoms with Crippen LogP contribution >= 0.6 is 23.1 Å². The summed E-state index contributed by atoms with van der Waals surface area (Å²) < 4.78 is 2.50. The Morgan fingerprint density at radius 2 is 2.22 bits per heavy atom. The fraction of sp³-hybridized carbons (Fsp3) is 0.429. The van der Waals surface area contributed by atoms with Crippen molar-refractivity contribution in [2.24, 2.45) is 7.05 Å². The number of carbonyl (C=O) groups is 1. The first-order chi connectivity index (χ1) is 10.9. The molecule has 0 saturated heterocycles. The molecule has 0 saturated carbocycles. The average molecular weight is 352 g/mol. The summed E-state index contributed by atoms with van der Waals surface area (Å²) in [6.07, 6.45) is 1.75. The second-order valence-corrected chi connectivity index (χ2v) is 7.53. The molecule has 0 aromatic carbocycles. The molecule has 0 unspecified atom stereocenters. The summed E-state index contributed by atoms with van der Waals surface area (Å²) in [5.74, 6) is -0.0787. The Hall–Kier alpha value is -1.87. The molecule has 2 aromatic rings. The molecule has 1 amide bonds. The van der Waals surface area contributed by atoms with Crippen LogP contribution in [0, 0.1) is 13.8 Å². The van der Waals surface area contributed by atoms with Crippen molar-refractivity contribution < 1.29 is 4.79 Å². The molecule has 0 fully saturated rings. The van der Waals surface area contributed by atoms with Crippen LogP contribution in [0.15, 0.2) is 17.0 Å². The summed E-state index contributed by atoms with van der Waals surface area (Å²) in [5, 5.41) is 18.9. The largest absolute Gasteiger partial charge is 0.357 e. The maximum Gasteiger partial charge on any atom is 0.237 e. The monoisotopic (exact) mass is 352 g/mol. The molecule has 2 rings (SSSR count). The predicted octanol–water partition coefficient (Wildman–Crippen LogP) is 2.61. The zero-order valence-electron chi connectivity index (χ0n) is 13.6. The van der Waals surface area contributed by atoms with E-state index in [1.54, 1.807) is 10.8 Å². The van der Waals surface area contributed by atoms with Gasteiger partial charge in [-0.3, -0.25) is 9.48 Å². The van der Waals surface area contributed by atoms with Crippen molar-refractivity contribution in [3.63, 3.8) is 0 Å². The van der Waals surface area contributed by atoms with Crippen molar-refractivity contribution in [2.45, 2.75) is 30.4 Å². The van der Waals surface area contributed by atoms with Crippen LogP contribution in [-0.4, -0.2) is 37.7 Å². The topological polar surface area (TPSA) is 84.7 Å². The zero-order valence-corrected chi connectivity index (χ0v) is 15.2. The van der Waals surface area contributed by atoms with Crippen molar-refractivity contribution in [3.05, 3.63) is 24.0 Å². The number of aryl methyl sites for hydroxylation is 2.